The van der Waals surface area contributed by atoms with E-state index in [9.17, 15) is 0 Å². The Balaban J connectivity index is 3.13. The van der Waals surface area contributed by atoms with Crippen molar-refractivity contribution in [3.8, 4) is 0 Å². The maximum atomic E-state index is 2.44. The molecule has 1 rings (SSSR count). The van der Waals surface area contributed by atoms with Crippen molar-refractivity contribution in [2.75, 3.05) is 0 Å². The lowest BCUT2D eigenvalue weighted by atomic mass is 9.47. The van der Waals surface area contributed by atoms with E-state index in [-0.39, 0.29) is 0 Å². The van der Waals surface area contributed by atoms with Crippen molar-refractivity contribution in [2.24, 2.45) is 16.7 Å². The summed E-state index contributed by atoms with van der Waals surface area (Å²) < 4.78 is 0. The highest BCUT2D eigenvalue weighted by Gasteiger charge is 2.52. The Hall–Kier alpha value is 0. The van der Waals surface area contributed by atoms with E-state index < -0.39 is 0 Å². The fourth-order valence-corrected chi connectivity index (χ4v) is 5.12. The second kappa shape index (κ2) is 5.56. The molecule has 1 unspecified atom stereocenters. The quantitative estimate of drug-likeness (QED) is 0.553. The summed E-state index contributed by atoms with van der Waals surface area (Å²) in [6, 6.07) is 0. The summed E-state index contributed by atoms with van der Waals surface area (Å²) in [6.07, 6.45) is 11.4. The predicted octanol–water partition coefficient (Wildman–Crippen LogP) is 5.81. The van der Waals surface area contributed by atoms with Crippen LogP contribution in [0.2, 0.25) is 0 Å². The van der Waals surface area contributed by atoms with Gasteiger partial charge >= 0.3 is 0 Å². The third kappa shape index (κ3) is 1.83. The van der Waals surface area contributed by atoms with Crippen LogP contribution >= 0.6 is 0 Å². The summed E-state index contributed by atoms with van der Waals surface area (Å²) >= 11 is 0. The highest BCUT2D eigenvalue weighted by molar-refractivity contribution is 5.01. The molecule has 1 aliphatic carbocycles. The van der Waals surface area contributed by atoms with E-state index in [1.165, 1.54) is 51.4 Å². The SMILES string of the molecule is CCC1CCCC(CC)(CC)C1(CC)CC. The molecular formula is C16H32. The summed E-state index contributed by atoms with van der Waals surface area (Å²) in [5.74, 6) is 0.983. The lowest BCUT2D eigenvalue weighted by Gasteiger charge is -2.58. The van der Waals surface area contributed by atoms with Crippen LogP contribution in [0.4, 0.5) is 0 Å². The van der Waals surface area contributed by atoms with Crippen molar-refractivity contribution >= 4 is 0 Å². The van der Waals surface area contributed by atoms with E-state index in [1.54, 1.807) is 0 Å². The largest absolute Gasteiger partial charge is 0.0651 e. The molecule has 0 aromatic rings. The zero-order chi connectivity index (χ0) is 12.2. The topological polar surface area (TPSA) is 0 Å². The van der Waals surface area contributed by atoms with Gasteiger partial charge in [0.2, 0.25) is 0 Å². The summed E-state index contributed by atoms with van der Waals surface area (Å²) in [4.78, 5) is 0. The monoisotopic (exact) mass is 224 g/mol. The Morgan fingerprint density at radius 3 is 1.81 bits per heavy atom. The van der Waals surface area contributed by atoms with Gasteiger partial charge in [-0.1, -0.05) is 47.5 Å². The van der Waals surface area contributed by atoms with E-state index in [2.05, 4.69) is 34.6 Å². The molecule has 1 fully saturated rings. The molecule has 0 aliphatic heterocycles. The van der Waals surface area contributed by atoms with Crippen molar-refractivity contribution in [2.45, 2.75) is 86.0 Å². The van der Waals surface area contributed by atoms with Crippen LogP contribution < -0.4 is 0 Å². The average molecular weight is 224 g/mol. The van der Waals surface area contributed by atoms with Gasteiger partial charge in [-0.05, 0) is 55.3 Å². The van der Waals surface area contributed by atoms with Crippen molar-refractivity contribution in [1.29, 1.82) is 0 Å². The van der Waals surface area contributed by atoms with Crippen LogP contribution in [0.1, 0.15) is 86.0 Å². The van der Waals surface area contributed by atoms with Crippen LogP contribution in [0.3, 0.4) is 0 Å². The molecule has 0 amide bonds. The van der Waals surface area contributed by atoms with E-state index in [4.69, 9.17) is 0 Å². The van der Waals surface area contributed by atoms with E-state index >= 15 is 0 Å². The Morgan fingerprint density at radius 1 is 0.875 bits per heavy atom. The zero-order valence-corrected chi connectivity index (χ0v) is 12.2. The Labute approximate surface area is 103 Å². The first kappa shape index (κ1) is 14.1. The molecule has 16 heavy (non-hydrogen) atoms. The van der Waals surface area contributed by atoms with Crippen LogP contribution in [-0.4, -0.2) is 0 Å². The van der Waals surface area contributed by atoms with Gasteiger partial charge in [0.1, 0.15) is 0 Å². The van der Waals surface area contributed by atoms with Gasteiger partial charge in [-0.2, -0.15) is 0 Å². The van der Waals surface area contributed by atoms with E-state index in [0.717, 1.165) is 5.92 Å². The first-order chi connectivity index (χ1) is 7.66. The summed E-state index contributed by atoms with van der Waals surface area (Å²) in [5.41, 5.74) is 1.29. The predicted molar refractivity (Wildman–Crippen MR) is 73.7 cm³/mol. The van der Waals surface area contributed by atoms with Crippen LogP contribution in [0.5, 0.6) is 0 Å². The maximum absolute atomic E-state index is 2.44. The molecule has 0 saturated heterocycles. The molecule has 0 nitrogen and oxygen atoms in total. The fourth-order valence-electron chi connectivity index (χ4n) is 5.12. The molecule has 1 saturated carbocycles. The minimum absolute atomic E-state index is 0.642. The van der Waals surface area contributed by atoms with Crippen LogP contribution in [-0.2, 0) is 0 Å². The van der Waals surface area contributed by atoms with E-state index in [0.29, 0.717) is 10.8 Å². The number of rotatable bonds is 5. The van der Waals surface area contributed by atoms with Gasteiger partial charge in [0.15, 0.2) is 0 Å². The number of hydrogen-bond donors (Lipinski definition) is 0. The number of hydrogen-bond acceptors (Lipinski definition) is 0. The van der Waals surface area contributed by atoms with Gasteiger partial charge in [-0.25, -0.2) is 0 Å². The van der Waals surface area contributed by atoms with Crippen molar-refractivity contribution in [3.63, 3.8) is 0 Å². The standard InChI is InChI=1S/C16H32/c1-6-14-12-11-13-15(7-2,8-3)16(14,9-4)10-5/h14H,6-13H2,1-5H3. The first-order valence-corrected chi connectivity index (χ1v) is 7.66. The highest BCUT2D eigenvalue weighted by Crippen LogP contribution is 2.61. The first-order valence-electron chi connectivity index (χ1n) is 7.66. The molecule has 0 aromatic heterocycles. The molecule has 96 valence electrons. The van der Waals surface area contributed by atoms with Gasteiger partial charge < -0.3 is 0 Å². The minimum Gasteiger partial charge on any atom is -0.0651 e. The Bertz CT molecular complexity index is 196. The van der Waals surface area contributed by atoms with Crippen molar-refractivity contribution < 1.29 is 0 Å². The lowest BCUT2D eigenvalue weighted by molar-refractivity contribution is -0.0809. The molecule has 0 bridgehead atoms. The lowest BCUT2D eigenvalue weighted by Crippen LogP contribution is -2.49. The van der Waals surface area contributed by atoms with Gasteiger partial charge in [-0.3, -0.25) is 0 Å². The zero-order valence-electron chi connectivity index (χ0n) is 12.2. The maximum Gasteiger partial charge on any atom is -0.0218 e. The fraction of sp³-hybridized carbons (Fsp3) is 1.00. The van der Waals surface area contributed by atoms with Crippen LogP contribution in [0.15, 0.2) is 0 Å². The second-order valence-electron chi connectivity index (χ2n) is 5.85. The molecule has 0 heteroatoms. The second-order valence-corrected chi connectivity index (χ2v) is 5.85. The van der Waals surface area contributed by atoms with Gasteiger partial charge in [0.25, 0.3) is 0 Å². The molecule has 0 heterocycles. The summed E-state index contributed by atoms with van der Waals surface area (Å²) in [6.45, 7) is 12.2. The third-order valence-electron chi connectivity index (χ3n) is 6.15. The molecular weight excluding hydrogens is 192 g/mol. The Kier molecular flexibility index (Phi) is 4.88. The highest BCUT2D eigenvalue weighted by atomic mass is 14.6. The summed E-state index contributed by atoms with van der Waals surface area (Å²) in [7, 11) is 0. The normalized spacial score (nSPS) is 27.9. The molecule has 0 radical (unpaired) electrons. The molecule has 0 aromatic carbocycles. The van der Waals surface area contributed by atoms with Crippen LogP contribution in [0, 0.1) is 16.7 Å². The molecule has 0 spiro atoms. The molecule has 1 aliphatic rings. The molecule has 1 atom stereocenters. The van der Waals surface area contributed by atoms with E-state index in [1.807, 2.05) is 0 Å². The van der Waals surface area contributed by atoms with Gasteiger partial charge in [0, 0.05) is 0 Å². The summed E-state index contributed by atoms with van der Waals surface area (Å²) in [5, 5.41) is 0. The third-order valence-corrected chi connectivity index (χ3v) is 6.15. The van der Waals surface area contributed by atoms with Crippen molar-refractivity contribution in [1.82, 2.24) is 0 Å². The van der Waals surface area contributed by atoms with Crippen LogP contribution in [0.25, 0.3) is 0 Å². The smallest absolute Gasteiger partial charge is 0.0218 e. The molecule has 0 N–H and O–H groups in total. The average Bonchev–Trinajstić information content (AvgIpc) is 2.37. The van der Waals surface area contributed by atoms with Crippen molar-refractivity contribution in [3.05, 3.63) is 0 Å². The van der Waals surface area contributed by atoms with Gasteiger partial charge in [0.05, 0.1) is 0 Å². The Morgan fingerprint density at radius 2 is 1.44 bits per heavy atom. The van der Waals surface area contributed by atoms with Gasteiger partial charge in [-0.15, -0.1) is 0 Å². The minimum atomic E-state index is 0.642.